The monoisotopic (exact) mass is 645 g/mol. The average molecular weight is 646 g/mol. The highest BCUT2D eigenvalue weighted by Crippen LogP contribution is 2.48. The van der Waals surface area contributed by atoms with E-state index in [-0.39, 0.29) is 30.6 Å². The minimum atomic E-state index is -5.36. The standard InChI is InChI=1S/C30H33F6N3O4S/c31-29(32,33)26-19(7-11-25(41)39-14-12-38(13-15-39)16-17-40)6-10-24(27(26)30(34,35)36)44-23-3-1-2-22(18-23)37-21-8-4-20(5-9-21)28(42)43/h1-3,6-7,10-11,18,20-21,37,40H,4-5,8-9,12-17H2,(H,42,43)/b11-7+. The zero-order valence-corrected chi connectivity index (χ0v) is 24.4. The first-order valence-electron chi connectivity index (χ1n) is 14.1. The maximum atomic E-state index is 14.3. The molecule has 0 atom stereocenters. The van der Waals surface area contributed by atoms with Crippen LogP contribution in [-0.4, -0.2) is 77.3 Å². The molecule has 0 unspecified atom stereocenters. The van der Waals surface area contributed by atoms with Gasteiger partial charge in [-0.25, -0.2) is 0 Å². The van der Waals surface area contributed by atoms with Crippen molar-refractivity contribution in [1.29, 1.82) is 0 Å². The number of carbonyl (C=O) groups excluding carboxylic acids is 1. The molecule has 3 N–H and O–H groups in total. The van der Waals surface area contributed by atoms with E-state index in [1.54, 1.807) is 18.2 Å². The molecule has 1 amide bonds. The lowest BCUT2D eigenvalue weighted by molar-refractivity contribution is -0.163. The predicted molar refractivity (Wildman–Crippen MR) is 153 cm³/mol. The molecule has 2 fully saturated rings. The van der Waals surface area contributed by atoms with Crippen LogP contribution in [0.4, 0.5) is 32.0 Å². The van der Waals surface area contributed by atoms with Crippen molar-refractivity contribution in [2.24, 2.45) is 5.92 Å². The summed E-state index contributed by atoms with van der Waals surface area (Å²) in [6.45, 7) is 1.84. The Bertz CT molecular complexity index is 1350. The van der Waals surface area contributed by atoms with Gasteiger partial charge in [0.15, 0.2) is 0 Å². The first-order valence-corrected chi connectivity index (χ1v) is 15.0. The van der Waals surface area contributed by atoms with Gasteiger partial charge >= 0.3 is 18.3 Å². The van der Waals surface area contributed by atoms with Crippen LogP contribution in [0.3, 0.4) is 0 Å². The number of halogens is 6. The Morgan fingerprint density at radius 3 is 2.18 bits per heavy atom. The Hall–Kier alpha value is -3.23. The van der Waals surface area contributed by atoms with Crippen molar-refractivity contribution in [1.82, 2.24) is 9.80 Å². The van der Waals surface area contributed by atoms with Crippen molar-refractivity contribution < 1.29 is 46.1 Å². The van der Waals surface area contributed by atoms with E-state index in [4.69, 9.17) is 5.11 Å². The Morgan fingerprint density at radius 1 is 0.932 bits per heavy atom. The third-order valence-electron chi connectivity index (χ3n) is 7.78. The number of alkyl halides is 6. The predicted octanol–water partition coefficient (Wildman–Crippen LogP) is 6.08. The number of carbonyl (C=O) groups is 2. The summed E-state index contributed by atoms with van der Waals surface area (Å²) in [6, 6.07) is 8.20. The highest BCUT2D eigenvalue weighted by Gasteiger charge is 2.46. The number of nitrogens with one attached hydrogen (secondary N) is 1. The van der Waals surface area contributed by atoms with Crippen LogP contribution in [0.15, 0.2) is 52.3 Å². The molecule has 240 valence electrons. The van der Waals surface area contributed by atoms with Crippen LogP contribution >= 0.6 is 11.8 Å². The summed E-state index contributed by atoms with van der Waals surface area (Å²) in [7, 11) is 0. The molecular formula is C30H33F6N3O4S. The van der Waals surface area contributed by atoms with Gasteiger partial charge in [-0.1, -0.05) is 23.9 Å². The number of aliphatic carboxylic acids is 1. The Morgan fingerprint density at radius 2 is 1.59 bits per heavy atom. The molecule has 2 aromatic carbocycles. The fourth-order valence-corrected chi connectivity index (χ4v) is 6.55. The molecule has 2 aliphatic rings. The number of hydrogen-bond acceptors (Lipinski definition) is 6. The first-order chi connectivity index (χ1) is 20.8. The fraction of sp³-hybridized carbons (Fsp3) is 0.467. The topological polar surface area (TPSA) is 93.1 Å². The van der Waals surface area contributed by atoms with Gasteiger partial charge in [-0.3, -0.25) is 14.5 Å². The van der Waals surface area contributed by atoms with Crippen molar-refractivity contribution >= 4 is 35.4 Å². The Kier molecular flexibility index (Phi) is 10.9. The molecule has 1 aliphatic carbocycles. The van der Waals surface area contributed by atoms with Crippen LogP contribution in [0.5, 0.6) is 0 Å². The molecular weight excluding hydrogens is 612 g/mol. The molecule has 1 heterocycles. The summed E-state index contributed by atoms with van der Waals surface area (Å²) in [5, 5.41) is 21.5. The van der Waals surface area contributed by atoms with E-state index >= 15 is 0 Å². The number of aliphatic hydroxyl groups excluding tert-OH is 1. The number of hydrogen-bond donors (Lipinski definition) is 3. The molecule has 1 aliphatic heterocycles. The number of rotatable bonds is 9. The normalized spacial score (nSPS) is 20.2. The number of aliphatic hydroxyl groups is 1. The van der Waals surface area contributed by atoms with Gasteiger partial charge in [0.1, 0.15) is 0 Å². The van der Waals surface area contributed by atoms with Crippen molar-refractivity contribution in [3.63, 3.8) is 0 Å². The molecule has 14 heteroatoms. The molecule has 7 nitrogen and oxygen atoms in total. The van der Waals surface area contributed by atoms with Gasteiger partial charge < -0.3 is 20.4 Å². The highest BCUT2D eigenvalue weighted by atomic mass is 32.2. The van der Waals surface area contributed by atoms with Gasteiger partial charge in [0.2, 0.25) is 5.91 Å². The van der Waals surface area contributed by atoms with E-state index in [9.17, 15) is 41.0 Å². The minimum Gasteiger partial charge on any atom is -0.481 e. The summed E-state index contributed by atoms with van der Waals surface area (Å²) in [5.41, 5.74) is -3.90. The molecule has 44 heavy (non-hydrogen) atoms. The summed E-state index contributed by atoms with van der Waals surface area (Å²) in [6.07, 6.45) is -6.90. The summed E-state index contributed by atoms with van der Waals surface area (Å²) in [4.78, 5) is 26.8. The molecule has 1 saturated carbocycles. The van der Waals surface area contributed by atoms with E-state index in [1.807, 2.05) is 4.90 Å². The number of benzene rings is 2. The van der Waals surface area contributed by atoms with Crippen molar-refractivity contribution in [2.45, 2.75) is 53.9 Å². The number of carboxylic acid groups (broad SMARTS) is 1. The lowest BCUT2D eigenvalue weighted by atomic mass is 9.86. The Labute approximate surface area is 254 Å². The van der Waals surface area contributed by atoms with Crippen molar-refractivity contribution in [3.05, 3.63) is 59.2 Å². The van der Waals surface area contributed by atoms with Crippen LogP contribution in [0.1, 0.15) is 42.4 Å². The average Bonchev–Trinajstić information content (AvgIpc) is 2.96. The lowest BCUT2D eigenvalue weighted by Crippen LogP contribution is -2.48. The smallest absolute Gasteiger partial charge is 0.418 e. The third kappa shape index (κ3) is 8.69. The maximum Gasteiger partial charge on any atom is 0.418 e. The van der Waals surface area contributed by atoms with Crippen molar-refractivity contribution in [3.8, 4) is 0 Å². The van der Waals surface area contributed by atoms with E-state index in [2.05, 4.69) is 5.32 Å². The number of amides is 1. The second-order valence-corrected chi connectivity index (χ2v) is 11.9. The van der Waals surface area contributed by atoms with Crippen LogP contribution in [0.25, 0.3) is 6.08 Å². The van der Waals surface area contributed by atoms with Crippen LogP contribution in [-0.2, 0) is 21.9 Å². The second-order valence-electron chi connectivity index (χ2n) is 10.8. The molecule has 0 spiro atoms. The quantitative estimate of drug-likeness (QED) is 0.225. The van der Waals surface area contributed by atoms with E-state index in [1.165, 1.54) is 11.0 Å². The van der Waals surface area contributed by atoms with Gasteiger partial charge in [0.05, 0.1) is 23.7 Å². The highest BCUT2D eigenvalue weighted by molar-refractivity contribution is 7.99. The number of carboxylic acids is 1. The molecule has 2 aromatic rings. The fourth-order valence-electron chi connectivity index (χ4n) is 5.51. The number of anilines is 1. The molecule has 0 radical (unpaired) electrons. The SMILES string of the molecule is O=C(O)C1CCC(Nc2cccc(Sc3ccc(/C=C/C(=O)N4CCN(CCO)CC4)c(C(F)(F)F)c3C(F)(F)F)c2)CC1. The van der Waals surface area contributed by atoms with Gasteiger partial charge in [0, 0.05) is 60.3 Å². The lowest BCUT2D eigenvalue weighted by Gasteiger charge is -2.33. The number of piperazine rings is 1. The third-order valence-corrected chi connectivity index (χ3v) is 8.83. The molecule has 0 aromatic heterocycles. The van der Waals surface area contributed by atoms with Crippen LogP contribution in [0, 0.1) is 5.92 Å². The van der Waals surface area contributed by atoms with E-state index in [0.29, 0.717) is 62.8 Å². The van der Waals surface area contributed by atoms with Gasteiger partial charge in [-0.15, -0.1) is 0 Å². The summed E-state index contributed by atoms with van der Waals surface area (Å²) in [5.74, 6) is -1.88. The van der Waals surface area contributed by atoms with Crippen molar-refractivity contribution in [2.75, 3.05) is 44.6 Å². The van der Waals surface area contributed by atoms with E-state index < -0.39 is 51.7 Å². The zero-order chi connectivity index (χ0) is 32.1. The van der Waals surface area contributed by atoms with E-state index in [0.717, 1.165) is 24.3 Å². The number of nitrogens with zero attached hydrogens (tertiary/aromatic N) is 2. The molecule has 0 bridgehead atoms. The van der Waals surface area contributed by atoms with Crippen LogP contribution < -0.4 is 5.32 Å². The largest absolute Gasteiger partial charge is 0.481 e. The van der Waals surface area contributed by atoms with Crippen LogP contribution in [0.2, 0.25) is 0 Å². The van der Waals surface area contributed by atoms with Gasteiger partial charge in [-0.2, -0.15) is 26.3 Å². The number of β-amino-alcohol motifs (C(OH)–C–C–N with tert-alkyl or cyclic N) is 1. The zero-order valence-electron chi connectivity index (χ0n) is 23.6. The van der Waals surface area contributed by atoms with Gasteiger partial charge in [0.25, 0.3) is 0 Å². The molecule has 1 saturated heterocycles. The summed E-state index contributed by atoms with van der Waals surface area (Å²) < 4.78 is 85.6. The summed E-state index contributed by atoms with van der Waals surface area (Å²) >= 11 is 0.552. The maximum absolute atomic E-state index is 14.3. The van der Waals surface area contributed by atoms with Gasteiger partial charge in [-0.05, 0) is 61.6 Å². The first kappa shape index (κ1) is 33.7. The minimum absolute atomic E-state index is 0.0355. The molecule has 4 rings (SSSR count). The Balaban J connectivity index is 1.56. The second kappa shape index (κ2) is 14.2.